The van der Waals surface area contributed by atoms with Crippen LogP contribution in [0.4, 0.5) is 0 Å². The smallest absolute Gasteiger partial charge is 0.169 e. The van der Waals surface area contributed by atoms with Crippen LogP contribution in [-0.4, -0.2) is 43.4 Å². The second kappa shape index (κ2) is 6.01. The molecule has 1 saturated carbocycles. The fourth-order valence-electron chi connectivity index (χ4n) is 3.18. The van der Waals surface area contributed by atoms with Crippen molar-refractivity contribution in [1.29, 1.82) is 0 Å². The number of methoxy groups -OCH3 is 1. The highest BCUT2D eigenvalue weighted by Crippen LogP contribution is 2.45. The van der Waals surface area contributed by atoms with E-state index in [0.29, 0.717) is 5.41 Å². The first-order chi connectivity index (χ1) is 8.26. The van der Waals surface area contributed by atoms with Crippen molar-refractivity contribution in [2.45, 2.75) is 38.5 Å². The van der Waals surface area contributed by atoms with Gasteiger partial charge in [-0.05, 0) is 43.3 Å². The Labute approximate surface area is 110 Å². The van der Waals surface area contributed by atoms with Gasteiger partial charge >= 0.3 is 0 Å². The normalized spacial score (nSPS) is 23.0. The molecule has 0 radical (unpaired) electrons. The molecule has 2 aliphatic rings. The summed E-state index contributed by atoms with van der Waals surface area (Å²) in [5.74, 6) is 0. The van der Waals surface area contributed by atoms with E-state index >= 15 is 0 Å². The molecule has 1 N–H and O–H groups in total. The molecule has 1 spiro atoms. The Morgan fingerprint density at radius 1 is 1.24 bits per heavy atom. The fraction of sp³-hybridized carbons (Fsp3) is 0.923. The van der Waals surface area contributed by atoms with Gasteiger partial charge in [-0.2, -0.15) is 0 Å². The van der Waals surface area contributed by atoms with Crippen molar-refractivity contribution in [2.75, 3.05) is 33.4 Å². The quantitative estimate of drug-likeness (QED) is 0.618. The number of nitrogens with zero attached hydrogens (tertiary/aromatic N) is 1. The SMILES string of the molecule is COCCNC(=S)N1CCC2(CCCC2)CC1. The lowest BCUT2D eigenvalue weighted by Crippen LogP contribution is -2.47. The van der Waals surface area contributed by atoms with Gasteiger partial charge < -0.3 is 15.0 Å². The van der Waals surface area contributed by atoms with E-state index in [9.17, 15) is 0 Å². The van der Waals surface area contributed by atoms with Gasteiger partial charge in [0.25, 0.3) is 0 Å². The van der Waals surface area contributed by atoms with Crippen LogP contribution in [0.2, 0.25) is 0 Å². The Hall–Kier alpha value is -0.350. The molecule has 0 bridgehead atoms. The summed E-state index contributed by atoms with van der Waals surface area (Å²) in [6.45, 7) is 3.81. The molecule has 2 rings (SSSR count). The van der Waals surface area contributed by atoms with Gasteiger partial charge in [-0.3, -0.25) is 0 Å². The summed E-state index contributed by atoms with van der Waals surface area (Å²) in [5, 5.41) is 4.18. The van der Waals surface area contributed by atoms with E-state index in [1.807, 2.05) is 0 Å². The van der Waals surface area contributed by atoms with Gasteiger partial charge in [-0.25, -0.2) is 0 Å². The number of thiocarbonyl (C=S) groups is 1. The molecular formula is C13H24N2OS. The maximum absolute atomic E-state index is 5.41. The zero-order chi connectivity index (χ0) is 12.1. The maximum atomic E-state index is 5.41. The second-order valence-electron chi connectivity index (χ2n) is 5.42. The number of nitrogens with one attached hydrogen (secondary N) is 1. The van der Waals surface area contributed by atoms with Crippen molar-refractivity contribution >= 4 is 17.3 Å². The second-order valence-corrected chi connectivity index (χ2v) is 5.81. The topological polar surface area (TPSA) is 24.5 Å². The number of hydrogen-bond acceptors (Lipinski definition) is 2. The fourth-order valence-corrected chi connectivity index (χ4v) is 3.47. The number of piperidine rings is 1. The van der Waals surface area contributed by atoms with Crippen LogP contribution in [-0.2, 0) is 4.74 Å². The van der Waals surface area contributed by atoms with Crippen LogP contribution in [0.3, 0.4) is 0 Å². The van der Waals surface area contributed by atoms with E-state index in [4.69, 9.17) is 17.0 Å². The molecule has 0 aromatic heterocycles. The lowest BCUT2D eigenvalue weighted by atomic mass is 9.77. The standard InChI is InChI=1S/C13H24N2OS/c1-16-11-8-14-12(17)15-9-6-13(7-10-15)4-2-3-5-13/h2-11H2,1H3,(H,14,17). The molecule has 3 nitrogen and oxygen atoms in total. The number of rotatable bonds is 3. The van der Waals surface area contributed by atoms with Crippen LogP contribution in [0.1, 0.15) is 38.5 Å². The molecule has 1 saturated heterocycles. The highest BCUT2D eigenvalue weighted by Gasteiger charge is 2.37. The molecule has 0 unspecified atom stereocenters. The summed E-state index contributed by atoms with van der Waals surface area (Å²) >= 11 is 5.41. The molecule has 1 aliphatic carbocycles. The lowest BCUT2D eigenvalue weighted by molar-refractivity contribution is 0.152. The van der Waals surface area contributed by atoms with Crippen LogP contribution in [0.5, 0.6) is 0 Å². The highest BCUT2D eigenvalue weighted by atomic mass is 32.1. The number of likely N-dealkylation sites (tertiary alicyclic amines) is 1. The van der Waals surface area contributed by atoms with Crippen LogP contribution in [0.25, 0.3) is 0 Å². The predicted molar refractivity (Wildman–Crippen MR) is 74.2 cm³/mol. The summed E-state index contributed by atoms with van der Waals surface area (Å²) in [6.07, 6.45) is 8.45. The Morgan fingerprint density at radius 3 is 2.47 bits per heavy atom. The zero-order valence-electron chi connectivity index (χ0n) is 10.8. The number of hydrogen-bond donors (Lipinski definition) is 1. The van der Waals surface area contributed by atoms with Crippen LogP contribution in [0.15, 0.2) is 0 Å². The summed E-state index contributed by atoms with van der Waals surface area (Å²) in [4.78, 5) is 2.33. The van der Waals surface area contributed by atoms with Crippen molar-refractivity contribution in [3.05, 3.63) is 0 Å². The summed E-state index contributed by atoms with van der Waals surface area (Å²) in [5.41, 5.74) is 0.679. The van der Waals surface area contributed by atoms with Crippen LogP contribution >= 0.6 is 12.2 Å². The lowest BCUT2D eigenvalue weighted by Gasteiger charge is -2.40. The van der Waals surface area contributed by atoms with E-state index in [1.165, 1.54) is 38.5 Å². The van der Waals surface area contributed by atoms with Gasteiger partial charge in [-0.15, -0.1) is 0 Å². The van der Waals surface area contributed by atoms with Crippen LogP contribution < -0.4 is 5.32 Å². The minimum atomic E-state index is 0.679. The van der Waals surface area contributed by atoms with Crippen molar-refractivity contribution in [1.82, 2.24) is 10.2 Å². The Balaban J connectivity index is 1.72. The summed E-state index contributed by atoms with van der Waals surface area (Å²) < 4.78 is 5.02. The predicted octanol–water partition coefficient (Wildman–Crippen LogP) is 2.16. The highest BCUT2D eigenvalue weighted by molar-refractivity contribution is 7.80. The Morgan fingerprint density at radius 2 is 1.88 bits per heavy atom. The van der Waals surface area contributed by atoms with E-state index in [2.05, 4.69) is 10.2 Å². The molecule has 0 atom stereocenters. The first kappa shape index (κ1) is 13.1. The van der Waals surface area contributed by atoms with Crippen LogP contribution in [0, 0.1) is 5.41 Å². The first-order valence-corrected chi connectivity index (χ1v) is 7.18. The molecule has 0 aromatic carbocycles. The zero-order valence-corrected chi connectivity index (χ0v) is 11.7. The van der Waals surface area contributed by atoms with Crippen molar-refractivity contribution < 1.29 is 4.74 Å². The summed E-state index contributed by atoms with van der Waals surface area (Å²) in [7, 11) is 1.72. The third-order valence-corrected chi connectivity index (χ3v) is 4.76. The van der Waals surface area contributed by atoms with Crippen molar-refractivity contribution in [2.24, 2.45) is 5.41 Å². The van der Waals surface area contributed by atoms with E-state index in [1.54, 1.807) is 7.11 Å². The average molecular weight is 256 g/mol. The van der Waals surface area contributed by atoms with Gasteiger partial charge in [0.1, 0.15) is 0 Å². The van der Waals surface area contributed by atoms with Gasteiger partial charge in [0.05, 0.1) is 6.61 Å². The third kappa shape index (κ3) is 3.32. The largest absolute Gasteiger partial charge is 0.383 e. The Kier molecular flexibility index (Phi) is 4.62. The minimum Gasteiger partial charge on any atom is -0.383 e. The van der Waals surface area contributed by atoms with E-state index < -0.39 is 0 Å². The molecule has 1 heterocycles. The average Bonchev–Trinajstić information content (AvgIpc) is 2.79. The molecular weight excluding hydrogens is 232 g/mol. The molecule has 2 fully saturated rings. The summed E-state index contributed by atoms with van der Waals surface area (Å²) in [6, 6.07) is 0. The molecule has 1 aliphatic heterocycles. The molecule has 0 aromatic rings. The monoisotopic (exact) mass is 256 g/mol. The Bertz CT molecular complexity index is 254. The van der Waals surface area contributed by atoms with Crippen molar-refractivity contribution in [3.63, 3.8) is 0 Å². The van der Waals surface area contributed by atoms with Gasteiger partial charge in [0.2, 0.25) is 0 Å². The number of ether oxygens (including phenoxy) is 1. The molecule has 98 valence electrons. The van der Waals surface area contributed by atoms with Gasteiger partial charge in [0.15, 0.2) is 5.11 Å². The van der Waals surface area contributed by atoms with E-state index in [-0.39, 0.29) is 0 Å². The van der Waals surface area contributed by atoms with Gasteiger partial charge in [-0.1, -0.05) is 12.8 Å². The first-order valence-electron chi connectivity index (χ1n) is 6.77. The minimum absolute atomic E-state index is 0.679. The molecule has 17 heavy (non-hydrogen) atoms. The third-order valence-electron chi connectivity index (χ3n) is 4.36. The molecule has 0 amide bonds. The van der Waals surface area contributed by atoms with Crippen molar-refractivity contribution in [3.8, 4) is 0 Å². The van der Waals surface area contributed by atoms with E-state index in [0.717, 1.165) is 31.4 Å². The van der Waals surface area contributed by atoms with Gasteiger partial charge in [0, 0.05) is 26.7 Å². The molecule has 4 heteroatoms. The maximum Gasteiger partial charge on any atom is 0.169 e.